The number of hydrogen-bond acceptors (Lipinski definition) is 8. The Bertz CT molecular complexity index is 1440. The quantitative estimate of drug-likeness (QED) is 0.310. The Balaban J connectivity index is 1.41. The maximum Gasteiger partial charge on any atom is 0.214 e. The number of pyridine rings is 3. The van der Waals surface area contributed by atoms with Crippen molar-refractivity contribution in [3.8, 4) is 11.4 Å². The molecule has 1 aliphatic heterocycles. The Kier molecular flexibility index (Phi) is 6.33. The zero-order chi connectivity index (χ0) is 25.4. The van der Waals surface area contributed by atoms with Crippen molar-refractivity contribution in [2.45, 2.75) is 44.6 Å². The lowest BCUT2D eigenvalue weighted by Gasteiger charge is -2.32. The number of rotatable bonds is 6. The number of nitrogens with zero attached hydrogens (tertiary/aromatic N) is 5. The highest BCUT2D eigenvalue weighted by Gasteiger charge is 2.27. The largest absolute Gasteiger partial charge is 0.366 e. The fourth-order valence-electron chi connectivity index (χ4n) is 5.04. The number of nitrogens with one attached hydrogen (secondary N) is 3. The van der Waals surface area contributed by atoms with Gasteiger partial charge in [0.1, 0.15) is 11.6 Å². The molecule has 190 valence electrons. The second-order valence-corrected chi connectivity index (χ2v) is 9.89. The lowest BCUT2D eigenvalue weighted by molar-refractivity contribution is 0.368. The fourth-order valence-corrected chi connectivity index (χ4v) is 5.04. The average Bonchev–Trinajstić information content (AvgIpc) is 2.87. The SMILES string of the molecule is C[C@H]1CNCC[C@H]1Nc1nc(-c2ccnc(Nc3nc(F)ccc3F)c2)nc2cncc(C3CCC3)c12. The van der Waals surface area contributed by atoms with E-state index in [1.807, 2.05) is 6.20 Å². The topological polar surface area (TPSA) is 101 Å². The summed E-state index contributed by atoms with van der Waals surface area (Å²) >= 11 is 0. The number of hydrogen-bond donors (Lipinski definition) is 3. The first-order valence-corrected chi connectivity index (χ1v) is 12.7. The number of aromatic nitrogens is 5. The van der Waals surface area contributed by atoms with Crippen LogP contribution in [0.3, 0.4) is 0 Å². The molecule has 10 heteroatoms. The van der Waals surface area contributed by atoms with Crippen molar-refractivity contribution in [2.24, 2.45) is 5.92 Å². The normalized spacial score (nSPS) is 20.0. The van der Waals surface area contributed by atoms with Crippen molar-refractivity contribution >= 4 is 28.4 Å². The van der Waals surface area contributed by atoms with Crippen LogP contribution in [-0.4, -0.2) is 44.1 Å². The standard InChI is InChI=1S/C27H28F2N8/c1-15-12-30-9-8-20(15)33-27-24-18(16-3-2-4-16)13-31-14-21(24)34-25(37-27)17-7-10-32-23(11-17)36-26-19(28)5-6-22(29)35-26/h5-7,10-11,13-16,20,30H,2-4,8-9,12H2,1H3,(H,32,35,36)(H,33,34,37)/t15-,20+/m0/s1. The minimum atomic E-state index is -0.782. The number of anilines is 3. The Morgan fingerprint density at radius 3 is 2.70 bits per heavy atom. The van der Waals surface area contributed by atoms with Gasteiger partial charge in [-0.05, 0) is 74.0 Å². The summed E-state index contributed by atoms with van der Waals surface area (Å²) in [4.78, 5) is 22.2. The van der Waals surface area contributed by atoms with E-state index in [0.717, 1.165) is 61.2 Å². The van der Waals surface area contributed by atoms with Crippen molar-refractivity contribution in [2.75, 3.05) is 23.7 Å². The molecule has 3 N–H and O–H groups in total. The molecule has 4 aromatic heterocycles. The fraction of sp³-hybridized carbons (Fsp3) is 0.370. The van der Waals surface area contributed by atoms with Crippen molar-refractivity contribution in [1.82, 2.24) is 30.2 Å². The third-order valence-electron chi connectivity index (χ3n) is 7.37. The molecule has 0 aromatic carbocycles. The molecule has 6 rings (SSSR count). The molecule has 2 fully saturated rings. The summed E-state index contributed by atoms with van der Waals surface area (Å²) in [7, 11) is 0. The molecule has 2 aliphatic rings. The van der Waals surface area contributed by atoms with Crippen LogP contribution in [0.25, 0.3) is 22.3 Å². The summed E-state index contributed by atoms with van der Waals surface area (Å²) in [5.41, 5.74) is 2.67. The molecule has 4 aromatic rings. The first-order valence-electron chi connectivity index (χ1n) is 12.7. The molecule has 0 spiro atoms. The number of halogens is 2. The highest BCUT2D eigenvalue weighted by atomic mass is 19.1. The number of piperidine rings is 1. The Morgan fingerprint density at radius 1 is 1.00 bits per heavy atom. The van der Waals surface area contributed by atoms with Crippen LogP contribution in [-0.2, 0) is 0 Å². The van der Waals surface area contributed by atoms with E-state index < -0.39 is 11.8 Å². The van der Waals surface area contributed by atoms with Gasteiger partial charge in [-0.15, -0.1) is 0 Å². The Labute approximate surface area is 213 Å². The van der Waals surface area contributed by atoms with Crippen LogP contribution in [0, 0.1) is 17.7 Å². The molecule has 0 bridgehead atoms. The van der Waals surface area contributed by atoms with Gasteiger partial charge in [0.15, 0.2) is 17.5 Å². The molecular weight excluding hydrogens is 474 g/mol. The lowest BCUT2D eigenvalue weighted by atomic mass is 9.79. The summed E-state index contributed by atoms with van der Waals surface area (Å²) in [6.07, 6.45) is 9.84. The van der Waals surface area contributed by atoms with Crippen LogP contribution >= 0.6 is 0 Å². The molecule has 1 saturated carbocycles. The molecule has 37 heavy (non-hydrogen) atoms. The maximum atomic E-state index is 14.1. The van der Waals surface area contributed by atoms with Crippen molar-refractivity contribution in [3.05, 3.63) is 60.2 Å². The van der Waals surface area contributed by atoms with Crippen LogP contribution in [0.4, 0.5) is 26.2 Å². The van der Waals surface area contributed by atoms with E-state index in [1.54, 1.807) is 24.5 Å². The molecule has 8 nitrogen and oxygen atoms in total. The molecule has 0 radical (unpaired) electrons. The van der Waals surface area contributed by atoms with Crippen molar-refractivity contribution in [1.29, 1.82) is 0 Å². The number of fused-ring (bicyclic) bond motifs is 1. The molecule has 5 heterocycles. The third kappa shape index (κ3) is 4.81. The summed E-state index contributed by atoms with van der Waals surface area (Å²) in [5, 5.41) is 11.0. The zero-order valence-electron chi connectivity index (χ0n) is 20.5. The highest BCUT2D eigenvalue weighted by molar-refractivity contribution is 5.93. The van der Waals surface area contributed by atoms with Gasteiger partial charge in [0.25, 0.3) is 0 Å². The van der Waals surface area contributed by atoms with Crippen LogP contribution in [0.5, 0.6) is 0 Å². The van der Waals surface area contributed by atoms with E-state index >= 15 is 0 Å². The van der Waals surface area contributed by atoms with Gasteiger partial charge in [-0.2, -0.15) is 9.37 Å². The van der Waals surface area contributed by atoms with Crippen LogP contribution < -0.4 is 16.0 Å². The Morgan fingerprint density at radius 2 is 1.89 bits per heavy atom. The van der Waals surface area contributed by atoms with E-state index in [9.17, 15) is 8.78 Å². The summed E-state index contributed by atoms with van der Waals surface area (Å²) in [5.74, 6) is 0.850. The molecule has 1 aliphatic carbocycles. The monoisotopic (exact) mass is 502 g/mol. The minimum Gasteiger partial charge on any atom is -0.366 e. The van der Waals surface area contributed by atoms with Gasteiger partial charge in [0, 0.05) is 29.4 Å². The van der Waals surface area contributed by atoms with E-state index in [2.05, 4.69) is 37.8 Å². The average molecular weight is 503 g/mol. The second kappa shape index (κ2) is 9.93. The van der Waals surface area contributed by atoms with E-state index in [1.165, 1.54) is 12.0 Å². The zero-order valence-corrected chi connectivity index (χ0v) is 20.5. The van der Waals surface area contributed by atoms with Gasteiger partial charge in [-0.3, -0.25) is 4.98 Å². The lowest BCUT2D eigenvalue weighted by Crippen LogP contribution is -2.42. The second-order valence-electron chi connectivity index (χ2n) is 9.89. The highest BCUT2D eigenvalue weighted by Crippen LogP contribution is 2.41. The molecular formula is C27H28F2N8. The van der Waals surface area contributed by atoms with Gasteiger partial charge in [-0.25, -0.2) is 19.3 Å². The minimum absolute atomic E-state index is 0.235. The summed E-state index contributed by atoms with van der Waals surface area (Å²) < 4.78 is 27.7. The van der Waals surface area contributed by atoms with E-state index in [4.69, 9.17) is 9.97 Å². The van der Waals surface area contributed by atoms with Gasteiger partial charge < -0.3 is 16.0 Å². The van der Waals surface area contributed by atoms with Crippen molar-refractivity contribution < 1.29 is 8.78 Å². The summed E-state index contributed by atoms with van der Waals surface area (Å²) in [6, 6.07) is 5.77. The van der Waals surface area contributed by atoms with Gasteiger partial charge >= 0.3 is 0 Å². The van der Waals surface area contributed by atoms with E-state index in [0.29, 0.717) is 29.0 Å². The molecule has 0 unspecified atom stereocenters. The first-order chi connectivity index (χ1) is 18.0. The van der Waals surface area contributed by atoms with Crippen LogP contribution in [0.2, 0.25) is 0 Å². The molecule has 1 saturated heterocycles. The first kappa shape index (κ1) is 23.6. The van der Waals surface area contributed by atoms with Crippen molar-refractivity contribution in [3.63, 3.8) is 0 Å². The van der Waals surface area contributed by atoms with Crippen LogP contribution in [0.1, 0.15) is 44.1 Å². The van der Waals surface area contributed by atoms with Crippen LogP contribution in [0.15, 0.2) is 42.9 Å². The predicted octanol–water partition coefficient (Wildman–Crippen LogP) is 5.18. The van der Waals surface area contributed by atoms with Gasteiger partial charge in [-0.1, -0.05) is 13.3 Å². The van der Waals surface area contributed by atoms with Gasteiger partial charge in [0.05, 0.1) is 11.7 Å². The maximum absolute atomic E-state index is 14.1. The third-order valence-corrected chi connectivity index (χ3v) is 7.37. The molecule has 2 atom stereocenters. The predicted molar refractivity (Wildman–Crippen MR) is 139 cm³/mol. The Hall–Kier alpha value is -3.79. The van der Waals surface area contributed by atoms with Gasteiger partial charge in [0.2, 0.25) is 5.95 Å². The smallest absolute Gasteiger partial charge is 0.214 e. The van der Waals surface area contributed by atoms with E-state index in [-0.39, 0.29) is 11.9 Å². The summed E-state index contributed by atoms with van der Waals surface area (Å²) in [6.45, 7) is 4.15. The molecule has 0 amide bonds.